The van der Waals surface area contributed by atoms with Gasteiger partial charge in [-0.3, -0.25) is 0 Å². The molecule has 4 heteroatoms. The summed E-state index contributed by atoms with van der Waals surface area (Å²) in [5.41, 5.74) is 3.38. The van der Waals surface area contributed by atoms with Crippen molar-refractivity contribution in [3.63, 3.8) is 0 Å². The molecule has 0 radical (unpaired) electrons. The molecule has 0 aliphatic carbocycles. The number of pyridine rings is 1. The Morgan fingerprint density at radius 2 is 2.18 bits per heavy atom. The molecule has 0 unspecified atom stereocenters. The fourth-order valence-corrected chi connectivity index (χ4v) is 1.89. The molecule has 0 atom stereocenters. The van der Waals surface area contributed by atoms with E-state index in [-0.39, 0.29) is 0 Å². The van der Waals surface area contributed by atoms with E-state index < -0.39 is 0 Å². The largest absolute Gasteiger partial charge is 0.310 e. The van der Waals surface area contributed by atoms with Crippen molar-refractivity contribution >= 4 is 5.65 Å². The highest BCUT2D eigenvalue weighted by atomic mass is 15.1. The second-order valence-electron chi connectivity index (χ2n) is 4.55. The van der Waals surface area contributed by atoms with Gasteiger partial charge in [0.05, 0.1) is 11.4 Å². The predicted octanol–water partition coefficient (Wildman–Crippen LogP) is 1.29. The minimum atomic E-state index is 0.866. The number of nitrogens with zero attached hydrogens (tertiary/aromatic N) is 3. The lowest BCUT2D eigenvalue weighted by molar-refractivity contribution is 0.399. The number of nitrogens with one attached hydrogen (secondary N) is 1. The molecule has 0 aromatic carbocycles. The lowest BCUT2D eigenvalue weighted by Gasteiger charge is -2.10. The van der Waals surface area contributed by atoms with Crippen molar-refractivity contribution in [3.8, 4) is 0 Å². The van der Waals surface area contributed by atoms with Gasteiger partial charge in [-0.25, -0.2) is 4.98 Å². The summed E-state index contributed by atoms with van der Waals surface area (Å²) in [6.07, 6.45) is 2.07. The van der Waals surface area contributed by atoms with E-state index in [4.69, 9.17) is 0 Å². The van der Waals surface area contributed by atoms with Gasteiger partial charge in [0.15, 0.2) is 0 Å². The Morgan fingerprint density at radius 3 is 2.94 bits per heavy atom. The maximum atomic E-state index is 4.54. The number of aromatic nitrogens is 2. The molecule has 0 bridgehead atoms. The lowest BCUT2D eigenvalue weighted by atomic mass is 10.3. The number of likely N-dealkylation sites (N-methyl/N-ethyl adjacent to an activating group) is 1. The van der Waals surface area contributed by atoms with Crippen LogP contribution in [0.15, 0.2) is 24.4 Å². The Morgan fingerprint density at radius 1 is 1.35 bits per heavy atom. The van der Waals surface area contributed by atoms with E-state index in [1.807, 2.05) is 18.2 Å². The molecule has 2 heterocycles. The molecule has 0 saturated carbocycles. The van der Waals surface area contributed by atoms with Crippen LogP contribution >= 0.6 is 0 Å². The molecular weight excluding hydrogens is 212 g/mol. The number of hydrogen-bond acceptors (Lipinski definition) is 3. The first-order valence-electron chi connectivity index (χ1n) is 5.96. The van der Waals surface area contributed by atoms with Crippen molar-refractivity contribution in [1.82, 2.24) is 19.6 Å². The van der Waals surface area contributed by atoms with E-state index in [0.29, 0.717) is 0 Å². The van der Waals surface area contributed by atoms with Crippen LogP contribution in [-0.4, -0.2) is 41.5 Å². The van der Waals surface area contributed by atoms with Gasteiger partial charge in [-0.05, 0) is 33.2 Å². The number of aryl methyl sites for hydroxylation is 1. The Labute approximate surface area is 102 Å². The number of rotatable bonds is 5. The van der Waals surface area contributed by atoms with E-state index in [0.717, 1.165) is 31.0 Å². The van der Waals surface area contributed by atoms with Crippen LogP contribution in [-0.2, 0) is 6.54 Å². The van der Waals surface area contributed by atoms with Crippen molar-refractivity contribution in [3.05, 3.63) is 35.8 Å². The molecule has 2 rings (SSSR count). The molecule has 0 spiro atoms. The van der Waals surface area contributed by atoms with E-state index in [9.17, 15) is 0 Å². The lowest BCUT2D eigenvalue weighted by Crippen LogP contribution is -2.26. The van der Waals surface area contributed by atoms with Gasteiger partial charge in [0, 0.05) is 25.8 Å². The zero-order valence-electron chi connectivity index (χ0n) is 10.8. The highest BCUT2D eigenvalue weighted by Crippen LogP contribution is 2.10. The minimum absolute atomic E-state index is 0.866. The van der Waals surface area contributed by atoms with Crippen LogP contribution in [0.2, 0.25) is 0 Å². The molecule has 0 aliphatic rings. The molecule has 2 aromatic rings. The first kappa shape index (κ1) is 12.1. The van der Waals surface area contributed by atoms with Gasteiger partial charge in [0.1, 0.15) is 5.65 Å². The van der Waals surface area contributed by atoms with E-state index in [1.165, 1.54) is 5.69 Å². The van der Waals surface area contributed by atoms with E-state index in [1.54, 1.807) is 0 Å². The van der Waals surface area contributed by atoms with Crippen LogP contribution in [0, 0.1) is 6.92 Å². The average Bonchev–Trinajstić information content (AvgIpc) is 2.60. The molecule has 0 aliphatic heterocycles. The van der Waals surface area contributed by atoms with Crippen LogP contribution in [0.3, 0.4) is 0 Å². The molecule has 0 saturated heterocycles. The molecule has 1 N–H and O–H groups in total. The van der Waals surface area contributed by atoms with Crippen LogP contribution in [0.4, 0.5) is 0 Å². The van der Waals surface area contributed by atoms with Crippen LogP contribution in [0.1, 0.15) is 11.4 Å². The monoisotopic (exact) mass is 232 g/mol. The Kier molecular flexibility index (Phi) is 3.76. The van der Waals surface area contributed by atoms with E-state index in [2.05, 4.69) is 46.8 Å². The normalized spacial score (nSPS) is 11.5. The number of fused-ring (bicyclic) bond motifs is 1. The maximum Gasteiger partial charge on any atom is 0.137 e. The summed E-state index contributed by atoms with van der Waals surface area (Å²) in [6, 6.07) is 6.10. The van der Waals surface area contributed by atoms with Gasteiger partial charge < -0.3 is 14.6 Å². The zero-order valence-corrected chi connectivity index (χ0v) is 10.8. The van der Waals surface area contributed by atoms with Gasteiger partial charge in [-0.1, -0.05) is 6.07 Å². The predicted molar refractivity (Wildman–Crippen MR) is 70.2 cm³/mol. The smallest absolute Gasteiger partial charge is 0.137 e. The summed E-state index contributed by atoms with van der Waals surface area (Å²) < 4.78 is 2.15. The van der Waals surface area contributed by atoms with Gasteiger partial charge in [0.2, 0.25) is 0 Å². The second kappa shape index (κ2) is 5.29. The van der Waals surface area contributed by atoms with Crippen molar-refractivity contribution in [1.29, 1.82) is 0 Å². The number of hydrogen-bond donors (Lipinski definition) is 1. The Bertz CT molecular complexity index is 487. The maximum absolute atomic E-state index is 4.54. The SMILES string of the molecule is Cc1nc2ccccn2c1CNCCN(C)C. The zero-order chi connectivity index (χ0) is 12.3. The Balaban J connectivity index is 2.05. The van der Waals surface area contributed by atoms with Crippen molar-refractivity contribution in [2.24, 2.45) is 0 Å². The van der Waals surface area contributed by atoms with Gasteiger partial charge >= 0.3 is 0 Å². The molecular formula is C13H20N4. The quantitative estimate of drug-likeness (QED) is 0.789. The molecule has 0 fully saturated rings. The summed E-state index contributed by atoms with van der Waals surface area (Å²) in [7, 11) is 4.17. The summed E-state index contributed by atoms with van der Waals surface area (Å²) >= 11 is 0. The Hall–Kier alpha value is -1.39. The van der Waals surface area contributed by atoms with Gasteiger partial charge in [-0.15, -0.1) is 0 Å². The third kappa shape index (κ3) is 2.84. The van der Waals surface area contributed by atoms with E-state index >= 15 is 0 Å². The first-order chi connectivity index (χ1) is 8.18. The van der Waals surface area contributed by atoms with Gasteiger partial charge in [0.25, 0.3) is 0 Å². The highest BCUT2D eigenvalue weighted by Gasteiger charge is 2.06. The van der Waals surface area contributed by atoms with Crippen LogP contribution < -0.4 is 5.32 Å². The van der Waals surface area contributed by atoms with Crippen LogP contribution in [0.5, 0.6) is 0 Å². The second-order valence-corrected chi connectivity index (χ2v) is 4.55. The standard InChI is InChI=1S/C13H20N4/c1-11-12(10-14-7-9-16(2)3)17-8-5-4-6-13(17)15-11/h4-6,8,14H,7,9-10H2,1-3H3. The van der Waals surface area contributed by atoms with Gasteiger partial charge in [-0.2, -0.15) is 0 Å². The molecule has 17 heavy (non-hydrogen) atoms. The summed E-state index contributed by atoms with van der Waals surface area (Å²) in [4.78, 5) is 6.71. The minimum Gasteiger partial charge on any atom is -0.310 e. The van der Waals surface area contributed by atoms with Crippen LogP contribution in [0.25, 0.3) is 5.65 Å². The third-order valence-corrected chi connectivity index (χ3v) is 2.86. The highest BCUT2D eigenvalue weighted by molar-refractivity contribution is 5.42. The molecule has 92 valence electrons. The third-order valence-electron chi connectivity index (χ3n) is 2.86. The van der Waals surface area contributed by atoms with Crippen molar-refractivity contribution < 1.29 is 0 Å². The van der Waals surface area contributed by atoms with Crippen molar-refractivity contribution in [2.75, 3.05) is 27.2 Å². The summed E-state index contributed by atoms with van der Waals surface area (Å²) in [5.74, 6) is 0. The fraction of sp³-hybridized carbons (Fsp3) is 0.462. The first-order valence-corrected chi connectivity index (χ1v) is 5.96. The number of imidazole rings is 1. The average molecular weight is 232 g/mol. The molecule has 2 aromatic heterocycles. The fourth-order valence-electron chi connectivity index (χ4n) is 1.89. The molecule has 4 nitrogen and oxygen atoms in total. The summed E-state index contributed by atoms with van der Waals surface area (Å²) in [6.45, 7) is 4.98. The summed E-state index contributed by atoms with van der Waals surface area (Å²) in [5, 5.41) is 3.45. The van der Waals surface area contributed by atoms with Crippen molar-refractivity contribution in [2.45, 2.75) is 13.5 Å². The molecule has 0 amide bonds. The topological polar surface area (TPSA) is 32.6 Å².